The van der Waals surface area contributed by atoms with Crippen molar-refractivity contribution in [3.63, 3.8) is 0 Å². The van der Waals surface area contributed by atoms with E-state index in [0.717, 1.165) is 11.1 Å². The lowest BCUT2D eigenvalue weighted by atomic mass is 9.87. The summed E-state index contributed by atoms with van der Waals surface area (Å²) in [5, 5.41) is 0. The van der Waals surface area contributed by atoms with E-state index >= 15 is 0 Å². The van der Waals surface area contributed by atoms with Crippen molar-refractivity contribution in [3.05, 3.63) is 35.4 Å². The van der Waals surface area contributed by atoms with Crippen LogP contribution in [0.4, 0.5) is 4.79 Å². The van der Waals surface area contributed by atoms with Gasteiger partial charge in [-0.1, -0.05) is 24.3 Å². The molecule has 1 aromatic rings. The Bertz CT molecular complexity index is 666. The van der Waals surface area contributed by atoms with Crippen LogP contribution < -0.4 is 5.73 Å². The molecule has 1 saturated heterocycles. The minimum atomic E-state index is -2.97. The SMILES string of the molecule is CC(C)(C)OC(=O)N1CCC(C(O[SH](=O)=O)c2ccc(CN)cc2)CC1. The summed E-state index contributed by atoms with van der Waals surface area (Å²) in [6.07, 6.45) is 0.400. The van der Waals surface area contributed by atoms with Crippen LogP contribution in [0.5, 0.6) is 0 Å². The molecule has 1 aliphatic rings. The van der Waals surface area contributed by atoms with E-state index in [4.69, 9.17) is 14.7 Å². The summed E-state index contributed by atoms with van der Waals surface area (Å²) >= 11 is 0. The van der Waals surface area contributed by atoms with Crippen LogP contribution in [0.2, 0.25) is 0 Å². The second kappa shape index (κ2) is 8.83. The minimum absolute atomic E-state index is 0.00492. The van der Waals surface area contributed by atoms with Crippen LogP contribution in [-0.2, 0) is 26.4 Å². The zero-order valence-corrected chi connectivity index (χ0v) is 16.4. The third kappa shape index (κ3) is 5.96. The molecule has 26 heavy (non-hydrogen) atoms. The predicted molar refractivity (Wildman–Crippen MR) is 99.0 cm³/mol. The Balaban J connectivity index is 2.05. The van der Waals surface area contributed by atoms with Crippen LogP contribution in [0.15, 0.2) is 24.3 Å². The Morgan fingerprint density at radius 1 is 1.23 bits per heavy atom. The maximum atomic E-state index is 12.2. The van der Waals surface area contributed by atoms with Crippen LogP contribution in [0.25, 0.3) is 0 Å². The fourth-order valence-electron chi connectivity index (χ4n) is 3.07. The highest BCUT2D eigenvalue weighted by molar-refractivity contribution is 7.67. The average molecular weight is 384 g/mol. The van der Waals surface area contributed by atoms with Crippen LogP contribution in [-0.4, -0.2) is 38.1 Å². The minimum Gasteiger partial charge on any atom is -0.444 e. The molecule has 1 heterocycles. The fraction of sp³-hybridized carbons (Fsp3) is 0.611. The molecule has 1 fully saturated rings. The monoisotopic (exact) mass is 384 g/mol. The second-order valence-electron chi connectivity index (χ2n) is 7.50. The Kier molecular flexibility index (Phi) is 7.02. The topological polar surface area (TPSA) is 98.9 Å². The number of hydrogen-bond donors (Lipinski definition) is 2. The standard InChI is InChI=1S/C18H28N2O5S/c1-18(2,3)24-17(21)20-10-8-15(9-11-20)16(25-26(22)23)14-6-4-13(12-19)5-7-14/h4-7,15-16,26H,8-12,19H2,1-3H3. The van der Waals surface area contributed by atoms with Crippen LogP contribution >= 0.6 is 0 Å². The molecule has 0 aromatic heterocycles. The molecule has 1 unspecified atom stereocenters. The fourth-order valence-corrected chi connectivity index (χ4v) is 3.55. The van der Waals surface area contributed by atoms with Gasteiger partial charge in [-0.05, 0) is 50.7 Å². The summed E-state index contributed by atoms with van der Waals surface area (Å²) in [6.45, 7) is 6.94. The zero-order valence-electron chi connectivity index (χ0n) is 15.5. The van der Waals surface area contributed by atoms with Crippen molar-refractivity contribution in [3.8, 4) is 0 Å². The largest absolute Gasteiger partial charge is 0.444 e. The third-order valence-electron chi connectivity index (χ3n) is 4.36. The van der Waals surface area contributed by atoms with E-state index in [1.54, 1.807) is 4.90 Å². The van der Waals surface area contributed by atoms with Crippen LogP contribution in [0, 0.1) is 5.92 Å². The molecule has 8 heteroatoms. The number of likely N-dealkylation sites (tertiary alicyclic amines) is 1. The Hall–Kier alpha value is -1.64. The third-order valence-corrected chi connectivity index (χ3v) is 4.76. The van der Waals surface area contributed by atoms with Crippen molar-refractivity contribution >= 4 is 17.1 Å². The predicted octanol–water partition coefficient (Wildman–Crippen LogP) is 2.38. The van der Waals surface area contributed by atoms with E-state index in [2.05, 4.69) is 0 Å². The summed E-state index contributed by atoms with van der Waals surface area (Å²) < 4.78 is 33.0. The van der Waals surface area contributed by atoms with E-state index in [9.17, 15) is 13.2 Å². The molecule has 1 aliphatic heterocycles. The Morgan fingerprint density at radius 2 is 1.81 bits per heavy atom. The first-order valence-electron chi connectivity index (χ1n) is 8.77. The van der Waals surface area contributed by atoms with Crippen molar-refractivity contribution in [1.29, 1.82) is 0 Å². The molecule has 0 aliphatic carbocycles. The number of piperidine rings is 1. The Labute approximate surface area is 156 Å². The number of carbonyl (C=O) groups is 1. The lowest BCUT2D eigenvalue weighted by Crippen LogP contribution is -2.42. The molecular weight excluding hydrogens is 356 g/mol. The van der Waals surface area contributed by atoms with Gasteiger partial charge in [0.25, 0.3) is 11.0 Å². The number of nitrogens with two attached hydrogens (primary N) is 1. The summed E-state index contributed by atoms with van der Waals surface area (Å²) in [7, 11) is -2.97. The molecule has 146 valence electrons. The Morgan fingerprint density at radius 3 is 2.27 bits per heavy atom. The van der Waals surface area contributed by atoms with Gasteiger partial charge in [0, 0.05) is 19.6 Å². The molecule has 1 aromatic carbocycles. The number of nitrogens with zero attached hydrogens (tertiary/aromatic N) is 1. The van der Waals surface area contributed by atoms with Crippen molar-refractivity contribution < 1.29 is 22.1 Å². The van der Waals surface area contributed by atoms with Gasteiger partial charge < -0.3 is 15.4 Å². The maximum absolute atomic E-state index is 12.2. The van der Waals surface area contributed by atoms with Crippen molar-refractivity contribution in [2.75, 3.05) is 13.1 Å². The molecule has 0 radical (unpaired) electrons. The average Bonchev–Trinajstić information content (AvgIpc) is 2.58. The van der Waals surface area contributed by atoms with E-state index in [-0.39, 0.29) is 12.0 Å². The molecule has 1 atom stereocenters. The van der Waals surface area contributed by atoms with E-state index in [0.29, 0.717) is 32.5 Å². The summed E-state index contributed by atoms with van der Waals surface area (Å²) in [6, 6.07) is 7.46. The van der Waals surface area contributed by atoms with Gasteiger partial charge in [-0.3, -0.25) is 4.18 Å². The second-order valence-corrected chi connectivity index (χ2v) is 8.16. The van der Waals surface area contributed by atoms with Gasteiger partial charge in [-0.2, -0.15) is 0 Å². The number of amides is 1. The van der Waals surface area contributed by atoms with Crippen molar-refractivity contribution in [2.45, 2.75) is 51.9 Å². The van der Waals surface area contributed by atoms with Crippen LogP contribution in [0.1, 0.15) is 50.8 Å². The molecule has 0 bridgehead atoms. The number of carbonyl (C=O) groups excluding carboxylic acids is 1. The number of rotatable bonds is 5. The number of thiol groups is 1. The van der Waals surface area contributed by atoms with E-state index in [1.807, 2.05) is 45.0 Å². The molecule has 7 nitrogen and oxygen atoms in total. The maximum Gasteiger partial charge on any atom is 0.410 e. The van der Waals surface area contributed by atoms with Gasteiger partial charge in [-0.15, -0.1) is 0 Å². The van der Waals surface area contributed by atoms with E-state index < -0.39 is 22.7 Å². The van der Waals surface area contributed by atoms with Gasteiger partial charge in [0.15, 0.2) is 0 Å². The van der Waals surface area contributed by atoms with E-state index in [1.165, 1.54) is 0 Å². The first-order chi connectivity index (χ1) is 12.2. The zero-order chi connectivity index (χ0) is 19.3. The molecule has 0 saturated carbocycles. The van der Waals surface area contributed by atoms with Gasteiger partial charge in [-0.25, -0.2) is 13.2 Å². The van der Waals surface area contributed by atoms with Crippen molar-refractivity contribution in [2.24, 2.45) is 11.7 Å². The molecule has 0 spiro atoms. The lowest BCUT2D eigenvalue weighted by molar-refractivity contribution is 0.0114. The highest BCUT2D eigenvalue weighted by Crippen LogP contribution is 2.34. The molecule has 1 amide bonds. The summed E-state index contributed by atoms with van der Waals surface area (Å²) in [5.41, 5.74) is 6.85. The number of benzene rings is 1. The lowest BCUT2D eigenvalue weighted by Gasteiger charge is -2.36. The molecular formula is C18H28N2O5S. The smallest absolute Gasteiger partial charge is 0.410 e. The highest BCUT2D eigenvalue weighted by Gasteiger charge is 2.32. The van der Waals surface area contributed by atoms with Gasteiger partial charge in [0.05, 0.1) is 0 Å². The summed E-state index contributed by atoms with van der Waals surface area (Å²) in [4.78, 5) is 13.8. The molecule has 2 rings (SSSR count). The highest BCUT2D eigenvalue weighted by atomic mass is 32.2. The first-order valence-corrected chi connectivity index (χ1v) is 9.87. The van der Waals surface area contributed by atoms with Gasteiger partial charge >= 0.3 is 6.09 Å². The quantitative estimate of drug-likeness (QED) is 0.756. The summed E-state index contributed by atoms with van der Waals surface area (Å²) in [5.74, 6) is 0.00492. The van der Waals surface area contributed by atoms with Crippen LogP contribution in [0.3, 0.4) is 0 Å². The normalized spacial score (nSPS) is 17.3. The van der Waals surface area contributed by atoms with Gasteiger partial charge in [0.1, 0.15) is 11.7 Å². The molecule has 2 N–H and O–H groups in total. The number of ether oxygens (including phenoxy) is 1. The first kappa shape index (κ1) is 20.7. The van der Waals surface area contributed by atoms with Crippen molar-refractivity contribution in [1.82, 2.24) is 4.90 Å². The van der Waals surface area contributed by atoms with Gasteiger partial charge in [0.2, 0.25) is 0 Å². The number of hydrogen-bond acceptors (Lipinski definition) is 6.